The fourth-order valence-corrected chi connectivity index (χ4v) is 4.29. The van der Waals surface area contributed by atoms with Gasteiger partial charge in [-0.3, -0.25) is 5.43 Å². The Morgan fingerprint density at radius 3 is 2.62 bits per heavy atom. The highest BCUT2D eigenvalue weighted by molar-refractivity contribution is 7.89. The minimum Gasteiger partial charge on any atom is -0.399 e. The number of piperidine rings is 1. The first-order valence-corrected chi connectivity index (χ1v) is 10.0. The molecule has 3 N–H and O–H groups in total. The minimum atomic E-state index is -3.46. The van der Waals surface area contributed by atoms with Crippen LogP contribution in [0.3, 0.4) is 0 Å². The molecule has 26 heavy (non-hydrogen) atoms. The van der Waals surface area contributed by atoms with E-state index in [4.69, 9.17) is 5.73 Å². The summed E-state index contributed by atoms with van der Waals surface area (Å²) in [7, 11) is -3.46. The van der Waals surface area contributed by atoms with Crippen molar-refractivity contribution in [1.29, 1.82) is 0 Å². The summed E-state index contributed by atoms with van der Waals surface area (Å²) in [6.07, 6.45) is 4.27. The molecular formula is C18H23N5O2S. The zero-order chi connectivity index (χ0) is 18.6. The molecule has 1 aliphatic heterocycles. The molecule has 8 heteroatoms. The molecule has 0 aliphatic carbocycles. The lowest BCUT2D eigenvalue weighted by Crippen LogP contribution is -2.35. The average molecular weight is 373 g/mol. The number of hydrogen-bond acceptors (Lipinski definition) is 6. The smallest absolute Gasteiger partial charge is 0.244 e. The lowest BCUT2D eigenvalue weighted by molar-refractivity contribution is 0.346. The predicted octanol–water partition coefficient (Wildman–Crippen LogP) is 2.67. The Kier molecular flexibility index (Phi) is 5.53. The van der Waals surface area contributed by atoms with Gasteiger partial charge in [0, 0.05) is 25.0 Å². The zero-order valence-electron chi connectivity index (χ0n) is 14.7. The van der Waals surface area contributed by atoms with E-state index in [1.807, 2.05) is 31.2 Å². The standard InChI is InChI=1S/C18H23N5O2S/c1-14(15-6-5-7-16(19)12-15)21-22-18-9-8-17(13-20-18)26(24,25)23-10-3-2-4-11-23/h5-9,12-13H,2-4,10-11,19H2,1H3,(H,20,22)/b21-14+. The van der Waals surface area contributed by atoms with Gasteiger partial charge in [0.1, 0.15) is 10.7 Å². The van der Waals surface area contributed by atoms with Crippen LogP contribution in [0.15, 0.2) is 52.6 Å². The van der Waals surface area contributed by atoms with Gasteiger partial charge in [-0.25, -0.2) is 13.4 Å². The normalized spacial score (nSPS) is 16.4. The number of nitrogen functional groups attached to an aromatic ring is 1. The van der Waals surface area contributed by atoms with E-state index in [1.165, 1.54) is 10.5 Å². The summed E-state index contributed by atoms with van der Waals surface area (Å²) < 4.78 is 26.7. The van der Waals surface area contributed by atoms with Crippen LogP contribution < -0.4 is 11.2 Å². The first kappa shape index (κ1) is 18.3. The first-order chi connectivity index (χ1) is 12.5. The SMILES string of the molecule is C/C(=N\Nc1ccc(S(=O)(=O)N2CCCCC2)cn1)c1cccc(N)c1. The largest absolute Gasteiger partial charge is 0.399 e. The number of hydrazone groups is 1. The van der Waals surface area contributed by atoms with Crippen molar-refractivity contribution in [2.24, 2.45) is 5.10 Å². The van der Waals surface area contributed by atoms with Gasteiger partial charge in [0.25, 0.3) is 0 Å². The van der Waals surface area contributed by atoms with Gasteiger partial charge in [0.2, 0.25) is 10.0 Å². The molecule has 2 heterocycles. The second-order valence-electron chi connectivity index (χ2n) is 6.28. The summed E-state index contributed by atoms with van der Waals surface area (Å²) in [5.74, 6) is 0.478. The van der Waals surface area contributed by atoms with Gasteiger partial charge in [-0.15, -0.1) is 0 Å². The van der Waals surface area contributed by atoms with Crippen LogP contribution in [0, 0.1) is 0 Å². The van der Waals surface area contributed by atoms with Crippen LogP contribution in [0.2, 0.25) is 0 Å². The molecule has 0 atom stereocenters. The Balaban J connectivity index is 1.70. The van der Waals surface area contributed by atoms with Crippen LogP contribution >= 0.6 is 0 Å². The zero-order valence-corrected chi connectivity index (χ0v) is 15.5. The maximum atomic E-state index is 12.6. The molecule has 0 unspecified atom stereocenters. The van der Waals surface area contributed by atoms with E-state index in [-0.39, 0.29) is 4.90 Å². The highest BCUT2D eigenvalue weighted by Gasteiger charge is 2.26. The molecule has 1 saturated heterocycles. The van der Waals surface area contributed by atoms with Gasteiger partial charge in [-0.1, -0.05) is 18.6 Å². The van der Waals surface area contributed by atoms with Crippen LogP contribution in [-0.2, 0) is 10.0 Å². The van der Waals surface area contributed by atoms with Crippen molar-refractivity contribution in [2.75, 3.05) is 24.2 Å². The van der Waals surface area contributed by atoms with Gasteiger partial charge in [-0.2, -0.15) is 9.41 Å². The molecule has 2 aromatic rings. The van der Waals surface area contributed by atoms with Crippen LogP contribution in [0.1, 0.15) is 31.7 Å². The third kappa shape index (κ3) is 4.20. The van der Waals surface area contributed by atoms with Crippen molar-refractivity contribution >= 4 is 27.2 Å². The first-order valence-electron chi connectivity index (χ1n) is 8.59. The van der Waals surface area contributed by atoms with Gasteiger partial charge < -0.3 is 5.73 Å². The number of anilines is 2. The third-order valence-electron chi connectivity index (χ3n) is 4.33. The van der Waals surface area contributed by atoms with Gasteiger partial charge in [0.05, 0.1) is 5.71 Å². The summed E-state index contributed by atoms with van der Waals surface area (Å²) in [5.41, 5.74) is 10.9. The molecule has 1 aliphatic rings. The van der Waals surface area contributed by atoms with Crippen LogP contribution in [0.4, 0.5) is 11.5 Å². The molecule has 1 aromatic heterocycles. The summed E-state index contributed by atoms with van der Waals surface area (Å²) in [6.45, 7) is 3.01. The van der Waals surface area contributed by atoms with Crippen molar-refractivity contribution in [1.82, 2.24) is 9.29 Å². The molecule has 0 radical (unpaired) electrons. The quantitative estimate of drug-likeness (QED) is 0.477. The number of pyridine rings is 1. The van der Waals surface area contributed by atoms with Crippen LogP contribution in [-0.4, -0.2) is 36.5 Å². The lowest BCUT2D eigenvalue weighted by atomic mass is 10.1. The monoisotopic (exact) mass is 373 g/mol. The number of hydrogen-bond donors (Lipinski definition) is 2. The van der Waals surface area contributed by atoms with E-state index >= 15 is 0 Å². The number of sulfonamides is 1. The molecule has 0 amide bonds. The van der Waals surface area contributed by atoms with Crippen molar-refractivity contribution < 1.29 is 8.42 Å². The van der Waals surface area contributed by atoms with Crippen molar-refractivity contribution in [3.05, 3.63) is 48.2 Å². The van der Waals surface area contributed by atoms with Crippen molar-refractivity contribution in [2.45, 2.75) is 31.1 Å². The summed E-state index contributed by atoms with van der Waals surface area (Å²) >= 11 is 0. The summed E-state index contributed by atoms with van der Waals surface area (Å²) in [4.78, 5) is 4.38. The Morgan fingerprint density at radius 2 is 1.96 bits per heavy atom. The van der Waals surface area contributed by atoms with E-state index < -0.39 is 10.0 Å². The number of rotatable bonds is 5. The molecule has 1 aromatic carbocycles. The number of nitrogens with zero attached hydrogens (tertiary/aromatic N) is 3. The van der Waals surface area contributed by atoms with E-state index in [0.717, 1.165) is 30.5 Å². The average Bonchev–Trinajstić information content (AvgIpc) is 2.67. The van der Waals surface area contributed by atoms with E-state index in [9.17, 15) is 8.42 Å². The molecule has 0 bridgehead atoms. The second kappa shape index (κ2) is 7.84. The number of aromatic nitrogens is 1. The summed E-state index contributed by atoms with van der Waals surface area (Å²) in [5, 5.41) is 4.28. The minimum absolute atomic E-state index is 0.210. The fourth-order valence-electron chi connectivity index (χ4n) is 2.82. The lowest BCUT2D eigenvalue weighted by Gasteiger charge is -2.25. The maximum Gasteiger partial charge on any atom is 0.244 e. The van der Waals surface area contributed by atoms with Crippen molar-refractivity contribution in [3.8, 4) is 0 Å². The Morgan fingerprint density at radius 1 is 1.19 bits per heavy atom. The molecule has 0 saturated carbocycles. The van der Waals surface area contributed by atoms with Gasteiger partial charge in [-0.05, 0) is 49.6 Å². The molecule has 1 fully saturated rings. The molecule has 138 valence electrons. The molecule has 3 rings (SSSR count). The highest BCUT2D eigenvalue weighted by Crippen LogP contribution is 2.20. The Hall–Kier alpha value is -2.45. The van der Waals surface area contributed by atoms with E-state index in [2.05, 4.69) is 15.5 Å². The number of nitrogens with one attached hydrogen (secondary N) is 1. The summed E-state index contributed by atoms with van der Waals surface area (Å²) in [6, 6.07) is 10.6. The van der Waals surface area contributed by atoms with Crippen LogP contribution in [0.5, 0.6) is 0 Å². The van der Waals surface area contributed by atoms with Crippen LogP contribution in [0.25, 0.3) is 0 Å². The molecule has 7 nitrogen and oxygen atoms in total. The second-order valence-corrected chi connectivity index (χ2v) is 8.22. The van der Waals surface area contributed by atoms with Crippen molar-refractivity contribution in [3.63, 3.8) is 0 Å². The number of benzene rings is 1. The topological polar surface area (TPSA) is 101 Å². The number of nitrogens with two attached hydrogens (primary N) is 1. The molecule has 0 spiro atoms. The van der Waals surface area contributed by atoms with Gasteiger partial charge in [0.15, 0.2) is 0 Å². The maximum absolute atomic E-state index is 12.6. The fraction of sp³-hybridized carbons (Fsp3) is 0.333. The Labute approximate surface area is 154 Å². The third-order valence-corrected chi connectivity index (χ3v) is 6.21. The predicted molar refractivity (Wildman–Crippen MR) is 104 cm³/mol. The molecular weight excluding hydrogens is 350 g/mol. The Bertz CT molecular complexity index is 888. The van der Waals surface area contributed by atoms with Gasteiger partial charge >= 0.3 is 0 Å². The van der Waals surface area contributed by atoms with E-state index in [0.29, 0.717) is 24.6 Å². The highest BCUT2D eigenvalue weighted by atomic mass is 32.2. The van der Waals surface area contributed by atoms with E-state index in [1.54, 1.807) is 12.1 Å².